The molecule has 0 fully saturated rings. The molecule has 26 heavy (non-hydrogen) atoms. The van der Waals surface area contributed by atoms with Crippen LogP contribution in [0.1, 0.15) is 36.1 Å². The van der Waals surface area contributed by atoms with Crippen molar-refractivity contribution in [2.45, 2.75) is 32.2 Å². The van der Waals surface area contributed by atoms with Crippen LogP contribution in [0, 0.1) is 0 Å². The third-order valence-electron chi connectivity index (χ3n) is 4.63. The van der Waals surface area contributed by atoms with Gasteiger partial charge in [-0.2, -0.15) is 0 Å². The quantitative estimate of drug-likeness (QED) is 0.397. The van der Waals surface area contributed by atoms with Gasteiger partial charge in [-0.3, -0.25) is 4.99 Å². The standard InChI is InChI=1S/C21H27N3O.HI/c1-3-16-8-10-17(11-9-16)12-14-23-21(22-2)24-19-13-15-25-20-7-5-4-6-18(19)20;/h4-11,19H,3,12-15H2,1-2H3,(H2,22,23,24);1H. The van der Waals surface area contributed by atoms with Crippen molar-refractivity contribution >= 4 is 29.9 Å². The summed E-state index contributed by atoms with van der Waals surface area (Å²) in [7, 11) is 1.82. The first-order valence-electron chi connectivity index (χ1n) is 9.07. The van der Waals surface area contributed by atoms with E-state index in [-0.39, 0.29) is 30.0 Å². The minimum absolute atomic E-state index is 0. The Hall–Kier alpha value is -1.76. The number of rotatable bonds is 5. The molecular formula is C21H28IN3O. The Labute approximate surface area is 173 Å². The second kappa shape index (κ2) is 10.4. The Morgan fingerprint density at radius 1 is 1.12 bits per heavy atom. The fraction of sp³-hybridized carbons (Fsp3) is 0.381. The van der Waals surface area contributed by atoms with Crippen LogP contribution in [0.15, 0.2) is 53.5 Å². The van der Waals surface area contributed by atoms with Gasteiger partial charge in [0.15, 0.2) is 5.96 Å². The second-order valence-corrected chi connectivity index (χ2v) is 6.29. The van der Waals surface area contributed by atoms with Crippen molar-refractivity contribution in [3.05, 3.63) is 65.2 Å². The third kappa shape index (κ3) is 5.37. The van der Waals surface area contributed by atoms with E-state index in [1.807, 2.05) is 19.2 Å². The summed E-state index contributed by atoms with van der Waals surface area (Å²) in [6.07, 6.45) is 3.01. The normalized spacial score (nSPS) is 16.1. The van der Waals surface area contributed by atoms with Crippen LogP contribution in [0.3, 0.4) is 0 Å². The van der Waals surface area contributed by atoms with E-state index in [2.05, 4.69) is 58.9 Å². The topological polar surface area (TPSA) is 45.7 Å². The van der Waals surface area contributed by atoms with Gasteiger partial charge in [-0.05, 0) is 30.0 Å². The summed E-state index contributed by atoms with van der Waals surface area (Å²) in [6.45, 7) is 3.77. The lowest BCUT2D eigenvalue weighted by molar-refractivity contribution is 0.261. The number of guanidine groups is 1. The van der Waals surface area contributed by atoms with Crippen LogP contribution >= 0.6 is 24.0 Å². The van der Waals surface area contributed by atoms with Gasteiger partial charge >= 0.3 is 0 Å². The molecule has 0 aliphatic carbocycles. The first kappa shape index (κ1) is 20.6. The fourth-order valence-electron chi connectivity index (χ4n) is 3.12. The van der Waals surface area contributed by atoms with Crippen LogP contribution < -0.4 is 15.4 Å². The van der Waals surface area contributed by atoms with Crippen molar-refractivity contribution in [1.29, 1.82) is 0 Å². The molecule has 2 N–H and O–H groups in total. The number of hydrogen-bond acceptors (Lipinski definition) is 2. The molecule has 0 saturated heterocycles. The number of hydrogen-bond donors (Lipinski definition) is 2. The zero-order valence-electron chi connectivity index (χ0n) is 15.5. The molecule has 0 amide bonds. The Morgan fingerprint density at radius 3 is 2.58 bits per heavy atom. The molecule has 5 heteroatoms. The first-order valence-corrected chi connectivity index (χ1v) is 9.07. The molecule has 1 atom stereocenters. The summed E-state index contributed by atoms with van der Waals surface area (Å²) < 4.78 is 5.73. The van der Waals surface area contributed by atoms with Gasteiger partial charge in [0.1, 0.15) is 5.75 Å². The molecule has 140 valence electrons. The SMILES string of the molecule is CCc1ccc(CCNC(=NC)NC2CCOc3ccccc32)cc1.I. The molecular weight excluding hydrogens is 437 g/mol. The minimum atomic E-state index is 0. The van der Waals surface area contributed by atoms with E-state index >= 15 is 0 Å². The van der Waals surface area contributed by atoms with Crippen molar-refractivity contribution in [3.8, 4) is 5.75 Å². The number of para-hydroxylation sites is 1. The van der Waals surface area contributed by atoms with Gasteiger partial charge in [-0.25, -0.2) is 0 Å². The fourth-order valence-corrected chi connectivity index (χ4v) is 3.12. The predicted molar refractivity (Wildman–Crippen MR) is 119 cm³/mol. The molecule has 0 aromatic heterocycles. The van der Waals surface area contributed by atoms with E-state index in [0.29, 0.717) is 0 Å². The molecule has 0 saturated carbocycles. The monoisotopic (exact) mass is 465 g/mol. The Morgan fingerprint density at radius 2 is 1.85 bits per heavy atom. The number of nitrogens with zero attached hydrogens (tertiary/aromatic N) is 1. The summed E-state index contributed by atoms with van der Waals surface area (Å²) in [5.74, 6) is 1.81. The van der Waals surface area contributed by atoms with Crippen LogP contribution in [0.25, 0.3) is 0 Å². The zero-order valence-corrected chi connectivity index (χ0v) is 17.8. The van der Waals surface area contributed by atoms with E-state index < -0.39 is 0 Å². The maximum atomic E-state index is 5.73. The summed E-state index contributed by atoms with van der Waals surface area (Å²) in [5.41, 5.74) is 3.93. The summed E-state index contributed by atoms with van der Waals surface area (Å²) in [6, 6.07) is 17.3. The molecule has 1 aliphatic rings. The van der Waals surface area contributed by atoms with E-state index in [0.717, 1.165) is 44.1 Å². The average molecular weight is 465 g/mol. The highest BCUT2D eigenvalue weighted by Gasteiger charge is 2.21. The summed E-state index contributed by atoms with van der Waals surface area (Å²) in [5, 5.41) is 6.95. The van der Waals surface area contributed by atoms with Crippen molar-refractivity contribution in [3.63, 3.8) is 0 Å². The molecule has 3 rings (SSSR count). The average Bonchev–Trinajstić information content (AvgIpc) is 2.68. The molecule has 0 spiro atoms. The zero-order chi connectivity index (χ0) is 17.5. The van der Waals surface area contributed by atoms with Crippen molar-refractivity contribution in [1.82, 2.24) is 10.6 Å². The Bertz CT molecular complexity index is 715. The molecule has 4 nitrogen and oxygen atoms in total. The van der Waals surface area contributed by atoms with Gasteiger partial charge in [0.25, 0.3) is 0 Å². The Kier molecular flexibility index (Phi) is 8.22. The molecule has 1 unspecified atom stereocenters. The predicted octanol–water partition coefficient (Wildman–Crippen LogP) is 4.10. The van der Waals surface area contributed by atoms with Gasteiger partial charge in [-0.1, -0.05) is 49.4 Å². The van der Waals surface area contributed by atoms with Gasteiger partial charge in [0.2, 0.25) is 0 Å². The number of halogens is 1. The maximum Gasteiger partial charge on any atom is 0.191 e. The number of nitrogens with one attached hydrogen (secondary N) is 2. The highest BCUT2D eigenvalue weighted by molar-refractivity contribution is 14.0. The molecule has 0 bridgehead atoms. The number of fused-ring (bicyclic) bond motifs is 1. The van der Waals surface area contributed by atoms with Crippen LogP contribution in [0.2, 0.25) is 0 Å². The van der Waals surface area contributed by atoms with E-state index in [4.69, 9.17) is 4.74 Å². The van der Waals surface area contributed by atoms with Crippen LogP contribution in [0.4, 0.5) is 0 Å². The highest BCUT2D eigenvalue weighted by atomic mass is 127. The van der Waals surface area contributed by atoms with Gasteiger partial charge in [0, 0.05) is 25.6 Å². The van der Waals surface area contributed by atoms with Gasteiger partial charge in [0.05, 0.1) is 12.6 Å². The summed E-state index contributed by atoms with van der Waals surface area (Å²) in [4.78, 5) is 4.37. The minimum Gasteiger partial charge on any atom is -0.493 e. The molecule has 2 aromatic rings. The lowest BCUT2D eigenvalue weighted by atomic mass is 10.0. The molecule has 1 aliphatic heterocycles. The first-order chi connectivity index (χ1) is 12.3. The lowest BCUT2D eigenvalue weighted by Crippen LogP contribution is -2.41. The van der Waals surface area contributed by atoms with Crippen LogP contribution in [0.5, 0.6) is 5.75 Å². The van der Waals surface area contributed by atoms with E-state index in [9.17, 15) is 0 Å². The lowest BCUT2D eigenvalue weighted by Gasteiger charge is -2.28. The second-order valence-electron chi connectivity index (χ2n) is 6.29. The molecule has 0 radical (unpaired) electrons. The van der Waals surface area contributed by atoms with Gasteiger partial charge in [-0.15, -0.1) is 24.0 Å². The van der Waals surface area contributed by atoms with Crippen molar-refractivity contribution in [2.24, 2.45) is 4.99 Å². The highest BCUT2D eigenvalue weighted by Crippen LogP contribution is 2.31. The maximum absolute atomic E-state index is 5.73. The molecule has 1 heterocycles. The number of ether oxygens (including phenoxy) is 1. The smallest absolute Gasteiger partial charge is 0.191 e. The largest absolute Gasteiger partial charge is 0.493 e. The van der Waals surface area contributed by atoms with Crippen molar-refractivity contribution < 1.29 is 4.74 Å². The number of benzene rings is 2. The van der Waals surface area contributed by atoms with Crippen LogP contribution in [-0.4, -0.2) is 26.2 Å². The number of aliphatic imine (C=N–C) groups is 1. The van der Waals surface area contributed by atoms with Crippen molar-refractivity contribution in [2.75, 3.05) is 20.2 Å². The van der Waals surface area contributed by atoms with E-state index in [1.165, 1.54) is 16.7 Å². The van der Waals surface area contributed by atoms with Gasteiger partial charge < -0.3 is 15.4 Å². The summed E-state index contributed by atoms with van der Waals surface area (Å²) >= 11 is 0. The van der Waals surface area contributed by atoms with E-state index in [1.54, 1.807) is 0 Å². The van der Waals surface area contributed by atoms with Crippen LogP contribution in [-0.2, 0) is 12.8 Å². The number of aryl methyl sites for hydroxylation is 1. The Balaban J connectivity index is 0.00000243. The molecule has 2 aromatic carbocycles. The third-order valence-corrected chi connectivity index (χ3v) is 4.63.